The largest absolute Gasteiger partial charge is 0.489 e. The molecule has 182 valence electrons. The van der Waals surface area contributed by atoms with Gasteiger partial charge in [0.05, 0.1) is 26.2 Å². The van der Waals surface area contributed by atoms with Crippen LogP contribution in [0, 0.1) is 0 Å². The molecule has 5 heteroatoms. The summed E-state index contributed by atoms with van der Waals surface area (Å²) >= 11 is 0. The van der Waals surface area contributed by atoms with Crippen LogP contribution in [0.3, 0.4) is 0 Å². The fourth-order valence-corrected chi connectivity index (χ4v) is 4.54. The molecule has 0 aliphatic carbocycles. The average molecular weight is 479 g/mol. The number of benzene rings is 4. The number of ether oxygens (including phenoxy) is 1. The van der Waals surface area contributed by atoms with Crippen molar-refractivity contribution in [3.8, 4) is 5.75 Å². The number of carbonyl (C=O) groups excluding carboxylic acids is 1. The highest BCUT2D eigenvalue weighted by Gasteiger charge is 2.20. The summed E-state index contributed by atoms with van der Waals surface area (Å²) in [6, 6.07) is 36.1. The Balaban J connectivity index is 1.10. The average Bonchev–Trinajstić information content (AvgIpc) is 2.94. The van der Waals surface area contributed by atoms with Gasteiger partial charge in [-0.05, 0) is 54.1 Å². The number of piperazine rings is 1. The van der Waals surface area contributed by atoms with Crippen LogP contribution in [-0.4, -0.2) is 32.1 Å². The maximum absolute atomic E-state index is 12.7. The molecule has 1 saturated heterocycles. The Kier molecular flexibility index (Phi) is 7.59. The molecule has 0 radical (unpaired) electrons. The van der Waals surface area contributed by atoms with Gasteiger partial charge in [-0.25, -0.2) is 0 Å². The van der Waals surface area contributed by atoms with Gasteiger partial charge in [-0.2, -0.15) is 0 Å². The summed E-state index contributed by atoms with van der Waals surface area (Å²) in [6.45, 7) is 5.90. The van der Waals surface area contributed by atoms with Gasteiger partial charge >= 0.3 is 0 Å². The van der Waals surface area contributed by atoms with E-state index >= 15 is 0 Å². The van der Waals surface area contributed by atoms with Crippen LogP contribution in [-0.2, 0) is 13.2 Å². The summed E-state index contributed by atoms with van der Waals surface area (Å²) in [4.78, 5) is 16.8. The van der Waals surface area contributed by atoms with E-state index in [-0.39, 0.29) is 5.91 Å². The number of carbonyl (C=O) groups is 1. The van der Waals surface area contributed by atoms with Crippen LogP contribution in [0.5, 0.6) is 5.75 Å². The molecule has 5 nitrogen and oxygen atoms in total. The number of nitrogens with one attached hydrogen (secondary N) is 2. The number of hydrogen-bond acceptors (Lipinski definition) is 3. The molecule has 0 aromatic heterocycles. The zero-order valence-electron chi connectivity index (χ0n) is 20.4. The molecule has 0 spiro atoms. The predicted octanol–water partition coefficient (Wildman–Crippen LogP) is 4.42. The molecule has 36 heavy (non-hydrogen) atoms. The quantitative estimate of drug-likeness (QED) is 0.394. The number of anilines is 2. The molecule has 4 aromatic rings. The van der Waals surface area contributed by atoms with Gasteiger partial charge < -0.3 is 19.9 Å². The number of hydrogen-bond donors (Lipinski definition) is 2. The van der Waals surface area contributed by atoms with Crippen LogP contribution in [0.15, 0.2) is 109 Å². The maximum Gasteiger partial charge on any atom is 0.255 e. The minimum atomic E-state index is -0.129. The third kappa shape index (κ3) is 6.32. The molecule has 0 unspecified atom stereocenters. The van der Waals surface area contributed by atoms with Gasteiger partial charge in [0.2, 0.25) is 0 Å². The number of quaternary nitrogens is 1. The normalized spacial score (nSPS) is 13.8. The van der Waals surface area contributed by atoms with Crippen molar-refractivity contribution in [2.24, 2.45) is 0 Å². The molecule has 1 heterocycles. The van der Waals surface area contributed by atoms with Crippen molar-refractivity contribution in [1.29, 1.82) is 0 Å². The molecule has 0 saturated carbocycles. The van der Waals surface area contributed by atoms with Crippen molar-refractivity contribution in [2.45, 2.75) is 13.2 Å². The summed E-state index contributed by atoms with van der Waals surface area (Å²) in [5, 5.41) is 3.00. The van der Waals surface area contributed by atoms with Crippen LogP contribution < -0.4 is 19.9 Å². The second-order valence-electron chi connectivity index (χ2n) is 9.20. The van der Waals surface area contributed by atoms with Gasteiger partial charge in [0.25, 0.3) is 5.91 Å². The highest BCUT2D eigenvalue weighted by atomic mass is 16.5. The molecule has 1 fully saturated rings. The van der Waals surface area contributed by atoms with E-state index in [1.807, 2.05) is 54.6 Å². The molecule has 1 amide bonds. The van der Waals surface area contributed by atoms with Crippen LogP contribution in [0.1, 0.15) is 21.5 Å². The van der Waals surface area contributed by atoms with Crippen molar-refractivity contribution in [3.05, 3.63) is 126 Å². The van der Waals surface area contributed by atoms with Crippen LogP contribution >= 0.6 is 0 Å². The first-order chi connectivity index (χ1) is 17.7. The molecule has 1 aliphatic heterocycles. The number of rotatable bonds is 8. The van der Waals surface area contributed by atoms with Gasteiger partial charge in [-0.1, -0.05) is 60.7 Å². The SMILES string of the molecule is O=C(Nc1ccc(N2CC[NH+](Cc3ccccc3)CC2)cc1)c1ccc(OCc2ccccc2)cc1. The Morgan fingerprint density at radius 3 is 2.00 bits per heavy atom. The lowest BCUT2D eigenvalue weighted by molar-refractivity contribution is -0.914. The lowest BCUT2D eigenvalue weighted by atomic mass is 10.1. The van der Waals surface area contributed by atoms with E-state index in [1.165, 1.54) is 11.3 Å². The standard InChI is InChI=1S/C31H31N3O2/c35-31(27-11-17-30(18-12-27)36-24-26-9-5-2-6-10-26)32-28-13-15-29(16-14-28)34-21-19-33(20-22-34)23-25-7-3-1-4-8-25/h1-18H,19-24H2,(H,32,35)/p+1. The Morgan fingerprint density at radius 1 is 0.750 bits per heavy atom. The molecule has 0 atom stereocenters. The van der Waals surface area contributed by atoms with Crippen molar-refractivity contribution >= 4 is 17.3 Å². The number of amides is 1. The van der Waals surface area contributed by atoms with Crippen molar-refractivity contribution in [3.63, 3.8) is 0 Å². The Bertz CT molecular complexity index is 1230. The molecule has 1 aliphatic rings. The van der Waals surface area contributed by atoms with Gasteiger partial charge in [-0.3, -0.25) is 4.79 Å². The smallest absolute Gasteiger partial charge is 0.255 e. The Labute approximate surface area is 212 Å². The first kappa shape index (κ1) is 23.6. The van der Waals surface area contributed by atoms with Gasteiger partial charge in [0.15, 0.2) is 0 Å². The predicted molar refractivity (Wildman–Crippen MR) is 145 cm³/mol. The summed E-state index contributed by atoms with van der Waals surface area (Å²) < 4.78 is 5.81. The number of nitrogens with zero attached hydrogens (tertiary/aromatic N) is 1. The summed E-state index contributed by atoms with van der Waals surface area (Å²) in [5.74, 6) is 0.612. The van der Waals surface area contributed by atoms with Crippen molar-refractivity contribution in [2.75, 3.05) is 36.4 Å². The lowest BCUT2D eigenvalue weighted by Crippen LogP contribution is -3.13. The summed E-state index contributed by atoms with van der Waals surface area (Å²) in [7, 11) is 0. The molecular weight excluding hydrogens is 446 g/mol. The minimum Gasteiger partial charge on any atom is -0.489 e. The highest BCUT2D eigenvalue weighted by Crippen LogP contribution is 2.20. The van der Waals surface area contributed by atoms with E-state index in [2.05, 4.69) is 52.7 Å². The van der Waals surface area contributed by atoms with E-state index in [0.717, 1.165) is 49.7 Å². The zero-order valence-corrected chi connectivity index (χ0v) is 20.4. The Hall–Kier alpha value is -4.09. The molecule has 5 rings (SSSR count). The lowest BCUT2D eigenvalue weighted by Gasteiger charge is -2.33. The molecule has 2 N–H and O–H groups in total. The van der Waals surface area contributed by atoms with Crippen LogP contribution in [0.4, 0.5) is 11.4 Å². The van der Waals surface area contributed by atoms with Crippen molar-refractivity contribution in [1.82, 2.24) is 0 Å². The third-order valence-electron chi connectivity index (χ3n) is 6.62. The molecule has 0 bridgehead atoms. The van der Waals surface area contributed by atoms with E-state index in [0.29, 0.717) is 12.2 Å². The van der Waals surface area contributed by atoms with E-state index in [1.54, 1.807) is 17.0 Å². The fraction of sp³-hybridized carbons (Fsp3) is 0.194. The second-order valence-corrected chi connectivity index (χ2v) is 9.20. The third-order valence-corrected chi connectivity index (χ3v) is 6.62. The van der Waals surface area contributed by atoms with Crippen LogP contribution in [0.2, 0.25) is 0 Å². The summed E-state index contributed by atoms with van der Waals surface area (Å²) in [5.41, 5.74) is 5.10. The topological polar surface area (TPSA) is 46.0 Å². The fourth-order valence-electron chi connectivity index (χ4n) is 4.54. The second kappa shape index (κ2) is 11.6. The van der Waals surface area contributed by atoms with E-state index < -0.39 is 0 Å². The van der Waals surface area contributed by atoms with E-state index in [4.69, 9.17) is 4.74 Å². The maximum atomic E-state index is 12.7. The zero-order chi connectivity index (χ0) is 24.6. The molecular formula is C31H32N3O2+. The Morgan fingerprint density at radius 2 is 1.36 bits per heavy atom. The highest BCUT2D eigenvalue weighted by molar-refractivity contribution is 6.04. The monoisotopic (exact) mass is 478 g/mol. The first-order valence-corrected chi connectivity index (χ1v) is 12.5. The summed E-state index contributed by atoms with van der Waals surface area (Å²) in [6.07, 6.45) is 0. The van der Waals surface area contributed by atoms with Crippen LogP contribution in [0.25, 0.3) is 0 Å². The van der Waals surface area contributed by atoms with Crippen molar-refractivity contribution < 1.29 is 14.4 Å². The van der Waals surface area contributed by atoms with E-state index in [9.17, 15) is 4.79 Å². The first-order valence-electron chi connectivity index (χ1n) is 12.5. The van der Waals surface area contributed by atoms with Gasteiger partial charge in [0, 0.05) is 22.5 Å². The minimum absolute atomic E-state index is 0.129. The molecule has 4 aromatic carbocycles. The van der Waals surface area contributed by atoms with Gasteiger partial charge in [0.1, 0.15) is 18.9 Å². The van der Waals surface area contributed by atoms with Gasteiger partial charge in [-0.15, -0.1) is 0 Å².